The minimum Gasteiger partial charge on any atom is -0.493 e. The topological polar surface area (TPSA) is 48.3 Å². The number of ether oxygens (including phenoxy) is 2. The fourth-order valence-electron chi connectivity index (χ4n) is 2.29. The number of benzene rings is 1. The zero-order valence-corrected chi connectivity index (χ0v) is 13.1. The van der Waals surface area contributed by atoms with Gasteiger partial charge in [-0.1, -0.05) is 12.1 Å². The Morgan fingerprint density at radius 2 is 2.10 bits per heavy atom. The highest BCUT2D eigenvalue weighted by molar-refractivity contribution is 5.46. The maximum Gasteiger partial charge on any atom is 0.165 e. The SMILES string of the molecule is COc1cccc(CN[C@H](C)Cn2cc(C)cn2)c1OC. The lowest BCUT2D eigenvalue weighted by Crippen LogP contribution is -2.30. The molecule has 0 aliphatic heterocycles. The van der Waals surface area contributed by atoms with Gasteiger partial charge in [-0.05, 0) is 25.5 Å². The van der Waals surface area contributed by atoms with E-state index in [9.17, 15) is 0 Å². The van der Waals surface area contributed by atoms with E-state index in [2.05, 4.69) is 17.3 Å². The lowest BCUT2D eigenvalue weighted by atomic mass is 10.1. The van der Waals surface area contributed by atoms with Crippen LogP contribution in [0.2, 0.25) is 0 Å². The standard InChI is InChI=1S/C16H23N3O2/c1-12-8-18-19(10-12)11-13(2)17-9-14-6-5-7-15(20-3)16(14)21-4/h5-8,10,13,17H,9,11H2,1-4H3/t13-/m1/s1. The first-order chi connectivity index (χ1) is 10.1. The Labute approximate surface area is 125 Å². The monoisotopic (exact) mass is 289 g/mol. The van der Waals surface area contributed by atoms with Crippen LogP contribution in [-0.2, 0) is 13.1 Å². The number of para-hydroxylation sites is 1. The molecule has 2 aromatic rings. The van der Waals surface area contributed by atoms with Crippen molar-refractivity contribution in [3.05, 3.63) is 41.7 Å². The van der Waals surface area contributed by atoms with Crippen molar-refractivity contribution in [2.24, 2.45) is 0 Å². The molecule has 0 aliphatic carbocycles. The van der Waals surface area contributed by atoms with Crippen LogP contribution in [-0.4, -0.2) is 30.0 Å². The van der Waals surface area contributed by atoms with Crippen LogP contribution in [0, 0.1) is 6.92 Å². The maximum absolute atomic E-state index is 5.44. The van der Waals surface area contributed by atoms with Gasteiger partial charge in [0.2, 0.25) is 0 Å². The second-order valence-corrected chi connectivity index (χ2v) is 5.17. The molecular formula is C16H23N3O2. The number of hydrogen-bond donors (Lipinski definition) is 1. The smallest absolute Gasteiger partial charge is 0.165 e. The summed E-state index contributed by atoms with van der Waals surface area (Å²) < 4.78 is 12.7. The summed E-state index contributed by atoms with van der Waals surface area (Å²) in [6.07, 6.45) is 3.92. The molecule has 0 radical (unpaired) electrons. The second kappa shape index (κ2) is 7.13. The van der Waals surface area contributed by atoms with Gasteiger partial charge in [0.15, 0.2) is 11.5 Å². The molecule has 1 aromatic carbocycles. The summed E-state index contributed by atoms with van der Waals surface area (Å²) in [7, 11) is 3.31. The molecule has 1 heterocycles. The highest BCUT2D eigenvalue weighted by Crippen LogP contribution is 2.30. The Hall–Kier alpha value is -2.01. The van der Waals surface area contributed by atoms with Gasteiger partial charge in [-0.15, -0.1) is 0 Å². The van der Waals surface area contributed by atoms with E-state index in [1.54, 1.807) is 14.2 Å². The Morgan fingerprint density at radius 3 is 2.71 bits per heavy atom. The van der Waals surface area contributed by atoms with E-state index < -0.39 is 0 Å². The van der Waals surface area contributed by atoms with Gasteiger partial charge in [0, 0.05) is 24.3 Å². The third kappa shape index (κ3) is 3.98. The highest BCUT2D eigenvalue weighted by atomic mass is 16.5. The first-order valence-corrected chi connectivity index (χ1v) is 7.06. The quantitative estimate of drug-likeness (QED) is 0.850. The van der Waals surface area contributed by atoms with Gasteiger partial charge in [0.05, 0.1) is 27.0 Å². The van der Waals surface area contributed by atoms with Crippen molar-refractivity contribution in [2.45, 2.75) is 33.0 Å². The fourth-order valence-corrected chi connectivity index (χ4v) is 2.29. The summed E-state index contributed by atoms with van der Waals surface area (Å²) in [6, 6.07) is 6.22. The molecule has 0 fully saturated rings. The van der Waals surface area contributed by atoms with Crippen molar-refractivity contribution in [2.75, 3.05) is 14.2 Å². The molecule has 1 atom stereocenters. The second-order valence-electron chi connectivity index (χ2n) is 5.17. The molecule has 5 nitrogen and oxygen atoms in total. The molecule has 1 aromatic heterocycles. The molecule has 114 valence electrons. The molecule has 0 unspecified atom stereocenters. The van der Waals surface area contributed by atoms with Crippen LogP contribution in [0.4, 0.5) is 0 Å². The Bertz CT molecular complexity index is 581. The van der Waals surface area contributed by atoms with Crippen molar-refractivity contribution < 1.29 is 9.47 Å². The first kappa shape index (κ1) is 15.4. The van der Waals surface area contributed by atoms with Crippen LogP contribution in [0.25, 0.3) is 0 Å². The summed E-state index contributed by atoms with van der Waals surface area (Å²) >= 11 is 0. The summed E-state index contributed by atoms with van der Waals surface area (Å²) in [5.74, 6) is 1.54. The molecule has 5 heteroatoms. The molecule has 0 amide bonds. The molecule has 0 saturated carbocycles. The summed E-state index contributed by atoms with van der Waals surface area (Å²) in [6.45, 7) is 5.74. The van der Waals surface area contributed by atoms with E-state index in [0.29, 0.717) is 6.04 Å². The Kier molecular flexibility index (Phi) is 5.22. The van der Waals surface area contributed by atoms with E-state index in [1.165, 1.54) is 5.56 Å². The van der Waals surface area contributed by atoms with Crippen molar-refractivity contribution in [1.29, 1.82) is 0 Å². The zero-order chi connectivity index (χ0) is 15.2. The Balaban J connectivity index is 1.96. The van der Waals surface area contributed by atoms with Gasteiger partial charge in [-0.3, -0.25) is 4.68 Å². The number of nitrogens with one attached hydrogen (secondary N) is 1. The number of aryl methyl sites for hydroxylation is 1. The van der Waals surface area contributed by atoms with Crippen molar-refractivity contribution >= 4 is 0 Å². The number of aromatic nitrogens is 2. The predicted octanol–water partition coefficient (Wildman–Crippen LogP) is 2.39. The van der Waals surface area contributed by atoms with Crippen molar-refractivity contribution in [1.82, 2.24) is 15.1 Å². The van der Waals surface area contributed by atoms with Crippen LogP contribution >= 0.6 is 0 Å². The molecule has 0 spiro atoms. The van der Waals surface area contributed by atoms with Gasteiger partial charge in [0.1, 0.15) is 0 Å². The zero-order valence-electron chi connectivity index (χ0n) is 13.1. The average Bonchev–Trinajstić information content (AvgIpc) is 2.89. The first-order valence-electron chi connectivity index (χ1n) is 7.06. The minimum atomic E-state index is 0.306. The van der Waals surface area contributed by atoms with Gasteiger partial charge in [0.25, 0.3) is 0 Å². The van der Waals surface area contributed by atoms with Crippen molar-refractivity contribution in [3.8, 4) is 11.5 Å². The Morgan fingerprint density at radius 1 is 1.29 bits per heavy atom. The normalized spacial score (nSPS) is 12.2. The summed E-state index contributed by atoms with van der Waals surface area (Å²) in [4.78, 5) is 0. The molecule has 0 saturated heterocycles. The van der Waals surface area contributed by atoms with E-state index in [-0.39, 0.29) is 0 Å². The molecule has 2 rings (SSSR count). The third-order valence-electron chi connectivity index (χ3n) is 3.35. The van der Waals surface area contributed by atoms with Gasteiger partial charge < -0.3 is 14.8 Å². The molecule has 0 aliphatic rings. The average molecular weight is 289 g/mol. The van der Waals surface area contributed by atoms with Gasteiger partial charge >= 0.3 is 0 Å². The van der Waals surface area contributed by atoms with Crippen molar-refractivity contribution in [3.63, 3.8) is 0 Å². The largest absolute Gasteiger partial charge is 0.493 e. The van der Waals surface area contributed by atoms with Crippen LogP contribution in [0.1, 0.15) is 18.1 Å². The minimum absolute atomic E-state index is 0.306. The summed E-state index contributed by atoms with van der Waals surface area (Å²) in [5.41, 5.74) is 2.26. The molecule has 21 heavy (non-hydrogen) atoms. The van der Waals surface area contributed by atoms with Gasteiger partial charge in [-0.2, -0.15) is 5.10 Å². The van der Waals surface area contributed by atoms with E-state index in [0.717, 1.165) is 30.2 Å². The summed E-state index contributed by atoms with van der Waals surface area (Å²) in [5, 5.41) is 7.79. The molecule has 1 N–H and O–H groups in total. The van der Waals surface area contributed by atoms with Crippen LogP contribution in [0.15, 0.2) is 30.6 Å². The van der Waals surface area contributed by atoms with Crippen LogP contribution in [0.3, 0.4) is 0 Å². The van der Waals surface area contributed by atoms with E-state index in [1.807, 2.05) is 42.2 Å². The molecule has 0 bridgehead atoms. The third-order valence-corrected chi connectivity index (χ3v) is 3.35. The highest BCUT2D eigenvalue weighted by Gasteiger charge is 2.10. The lowest BCUT2D eigenvalue weighted by molar-refractivity contribution is 0.349. The fraction of sp³-hybridized carbons (Fsp3) is 0.438. The maximum atomic E-state index is 5.44. The van der Waals surface area contributed by atoms with E-state index >= 15 is 0 Å². The number of methoxy groups -OCH3 is 2. The lowest BCUT2D eigenvalue weighted by Gasteiger charge is -2.17. The molecular weight excluding hydrogens is 266 g/mol. The number of hydrogen-bond acceptors (Lipinski definition) is 4. The van der Waals surface area contributed by atoms with E-state index in [4.69, 9.17) is 9.47 Å². The van der Waals surface area contributed by atoms with Crippen LogP contribution in [0.5, 0.6) is 11.5 Å². The predicted molar refractivity (Wildman–Crippen MR) is 82.8 cm³/mol. The van der Waals surface area contributed by atoms with Gasteiger partial charge in [-0.25, -0.2) is 0 Å². The van der Waals surface area contributed by atoms with Crippen LogP contribution < -0.4 is 14.8 Å². The number of nitrogens with zero attached hydrogens (tertiary/aromatic N) is 2. The number of rotatable bonds is 7.